The Morgan fingerprint density at radius 2 is 1.84 bits per heavy atom. The predicted molar refractivity (Wildman–Crippen MR) is 148 cm³/mol. The summed E-state index contributed by atoms with van der Waals surface area (Å²) in [6.07, 6.45) is 4.85. The molecule has 0 bridgehead atoms. The SMILES string of the molecule is [2H]C([2H])([2H])c1ccnc(-n2c3ccc(C#N)cc3c3ccc(Oc4cccc(-c5cc6ccoc6cn5)c4)cc32)c1. The van der Waals surface area contributed by atoms with Crippen molar-refractivity contribution in [2.45, 2.75) is 6.85 Å². The Bertz CT molecular complexity index is 2160. The van der Waals surface area contributed by atoms with E-state index in [1.54, 1.807) is 24.6 Å². The Hall–Kier alpha value is -5.41. The molecule has 0 fully saturated rings. The number of hydrogen-bond donors (Lipinski definition) is 0. The van der Waals surface area contributed by atoms with E-state index in [9.17, 15) is 5.26 Å². The zero-order valence-electron chi connectivity index (χ0n) is 22.9. The molecule has 4 heterocycles. The van der Waals surface area contributed by atoms with Crippen LogP contribution in [0.2, 0.25) is 0 Å². The van der Waals surface area contributed by atoms with E-state index in [0.717, 1.165) is 44.0 Å². The molecule has 0 amide bonds. The number of nitriles is 1. The maximum Gasteiger partial charge on any atom is 0.152 e. The van der Waals surface area contributed by atoms with Gasteiger partial charge in [-0.15, -0.1) is 0 Å². The predicted octanol–water partition coefficient (Wildman–Crippen LogP) is 7.96. The Morgan fingerprint density at radius 3 is 2.76 bits per heavy atom. The van der Waals surface area contributed by atoms with E-state index in [1.165, 1.54) is 12.3 Å². The van der Waals surface area contributed by atoms with Gasteiger partial charge in [0.25, 0.3) is 0 Å². The van der Waals surface area contributed by atoms with Crippen LogP contribution in [0.3, 0.4) is 0 Å². The van der Waals surface area contributed by atoms with Crippen LogP contribution in [-0.4, -0.2) is 14.5 Å². The van der Waals surface area contributed by atoms with Crippen molar-refractivity contribution < 1.29 is 13.3 Å². The summed E-state index contributed by atoms with van der Waals surface area (Å²) in [6, 6.07) is 28.0. The number of nitrogens with zero attached hydrogens (tertiary/aromatic N) is 4. The molecule has 7 rings (SSSR count). The van der Waals surface area contributed by atoms with Crippen LogP contribution in [0.25, 0.3) is 49.9 Å². The molecule has 7 aromatic rings. The molecule has 180 valence electrons. The highest BCUT2D eigenvalue weighted by Gasteiger charge is 2.15. The Kier molecular flexibility index (Phi) is 4.26. The Morgan fingerprint density at radius 1 is 0.895 bits per heavy atom. The average Bonchev–Trinajstić information content (AvgIpc) is 3.58. The van der Waals surface area contributed by atoms with E-state index in [1.807, 2.05) is 71.3 Å². The van der Waals surface area contributed by atoms with Crippen LogP contribution in [0.15, 0.2) is 108 Å². The minimum atomic E-state index is -2.28. The maximum atomic E-state index is 9.51. The number of hydrogen-bond acceptors (Lipinski definition) is 5. The second kappa shape index (κ2) is 8.61. The molecular weight excluding hydrogens is 472 g/mol. The molecule has 6 heteroatoms. The fourth-order valence-electron chi connectivity index (χ4n) is 4.80. The first-order valence-corrected chi connectivity index (χ1v) is 11.9. The highest BCUT2D eigenvalue weighted by atomic mass is 16.5. The molecule has 0 aliphatic carbocycles. The average molecular weight is 496 g/mol. The second-order valence-electron chi connectivity index (χ2n) is 8.92. The third kappa shape index (κ3) is 3.66. The number of ether oxygens (including phenoxy) is 1. The summed E-state index contributed by atoms with van der Waals surface area (Å²) in [4.78, 5) is 9.03. The van der Waals surface area contributed by atoms with Crippen LogP contribution in [0.1, 0.15) is 15.2 Å². The molecule has 3 aromatic carbocycles. The summed E-state index contributed by atoms with van der Waals surface area (Å²) < 4.78 is 37.2. The van der Waals surface area contributed by atoms with Crippen LogP contribution in [-0.2, 0) is 0 Å². The van der Waals surface area contributed by atoms with Crippen LogP contribution in [0.5, 0.6) is 11.5 Å². The summed E-state index contributed by atoms with van der Waals surface area (Å²) in [6.45, 7) is -2.28. The zero-order valence-corrected chi connectivity index (χ0v) is 19.9. The monoisotopic (exact) mass is 495 g/mol. The van der Waals surface area contributed by atoms with Gasteiger partial charge in [0.2, 0.25) is 0 Å². The van der Waals surface area contributed by atoms with Crippen molar-refractivity contribution in [2.24, 2.45) is 0 Å². The van der Waals surface area contributed by atoms with Crippen LogP contribution < -0.4 is 4.74 Å². The molecular formula is C32H20N4O2. The Balaban J connectivity index is 1.34. The van der Waals surface area contributed by atoms with E-state index < -0.39 is 6.85 Å². The van der Waals surface area contributed by atoms with Gasteiger partial charge in [-0.05, 0) is 79.1 Å². The van der Waals surface area contributed by atoms with Gasteiger partial charge >= 0.3 is 0 Å². The quantitative estimate of drug-likeness (QED) is 0.248. The number of rotatable bonds is 4. The second-order valence-corrected chi connectivity index (χ2v) is 8.92. The summed E-state index contributed by atoms with van der Waals surface area (Å²) in [5, 5.41) is 12.2. The van der Waals surface area contributed by atoms with Gasteiger partial charge in [0.1, 0.15) is 17.3 Å². The lowest BCUT2D eigenvalue weighted by atomic mass is 10.1. The van der Waals surface area contributed by atoms with Crippen molar-refractivity contribution in [3.63, 3.8) is 0 Å². The number of furan rings is 1. The largest absolute Gasteiger partial charge is 0.463 e. The number of aryl methyl sites for hydroxylation is 1. The van der Waals surface area contributed by atoms with Gasteiger partial charge in [0, 0.05) is 38.1 Å². The molecule has 0 unspecified atom stereocenters. The lowest BCUT2D eigenvalue weighted by molar-refractivity contribution is 0.483. The highest BCUT2D eigenvalue weighted by Crippen LogP contribution is 2.36. The standard InChI is InChI=1S/C32H20N4O2/c1-20-9-11-34-32(13-20)36-29-8-5-21(18-33)14-27(29)26-7-6-25(17-30(26)36)38-24-4-2-3-22(15-24)28-16-23-10-12-37-31(23)19-35-28/h2-17,19H,1H3/i1D3. The minimum absolute atomic E-state index is 0.192. The van der Waals surface area contributed by atoms with E-state index in [2.05, 4.69) is 16.0 Å². The lowest BCUT2D eigenvalue weighted by Crippen LogP contribution is -1.97. The van der Waals surface area contributed by atoms with E-state index in [0.29, 0.717) is 22.9 Å². The number of aromatic nitrogens is 3. The summed E-state index contributed by atoms with van der Waals surface area (Å²) in [5.41, 5.74) is 4.72. The van der Waals surface area contributed by atoms with Crippen molar-refractivity contribution in [3.05, 3.63) is 115 Å². The number of pyridine rings is 2. The smallest absolute Gasteiger partial charge is 0.152 e. The van der Waals surface area contributed by atoms with Gasteiger partial charge in [0.05, 0.1) is 40.8 Å². The third-order valence-electron chi connectivity index (χ3n) is 6.55. The van der Waals surface area contributed by atoms with Gasteiger partial charge < -0.3 is 9.15 Å². The van der Waals surface area contributed by atoms with Gasteiger partial charge in [-0.3, -0.25) is 9.55 Å². The van der Waals surface area contributed by atoms with Gasteiger partial charge in [0.15, 0.2) is 5.58 Å². The van der Waals surface area contributed by atoms with Crippen molar-refractivity contribution in [1.29, 1.82) is 5.26 Å². The Labute approximate surface area is 222 Å². The van der Waals surface area contributed by atoms with Crippen molar-refractivity contribution in [3.8, 4) is 34.6 Å². The molecule has 0 spiro atoms. The topological polar surface area (TPSA) is 76.9 Å². The van der Waals surface area contributed by atoms with Gasteiger partial charge in [-0.25, -0.2) is 4.98 Å². The maximum absolute atomic E-state index is 9.51. The molecule has 0 atom stereocenters. The molecule has 0 N–H and O–H groups in total. The molecule has 6 nitrogen and oxygen atoms in total. The molecule has 0 saturated carbocycles. The van der Waals surface area contributed by atoms with Crippen LogP contribution in [0, 0.1) is 18.2 Å². The molecule has 0 aliphatic rings. The minimum Gasteiger partial charge on any atom is -0.463 e. The molecule has 0 aliphatic heterocycles. The fraction of sp³-hybridized carbons (Fsp3) is 0.0312. The van der Waals surface area contributed by atoms with Crippen molar-refractivity contribution in [1.82, 2.24) is 14.5 Å². The summed E-state index contributed by atoms with van der Waals surface area (Å²) in [7, 11) is 0. The first-order valence-electron chi connectivity index (χ1n) is 13.4. The number of fused-ring (bicyclic) bond motifs is 4. The van der Waals surface area contributed by atoms with E-state index in [4.69, 9.17) is 13.3 Å². The van der Waals surface area contributed by atoms with Crippen molar-refractivity contribution >= 4 is 32.8 Å². The fourth-order valence-corrected chi connectivity index (χ4v) is 4.80. The zero-order chi connectivity index (χ0) is 28.1. The first kappa shape index (κ1) is 18.8. The normalized spacial score (nSPS) is 12.8. The molecule has 4 aromatic heterocycles. The summed E-state index contributed by atoms with van der Waals surface area (Å²) >= 11 is 0. The van der Waals surface area contributed by atoms with Gasteiger partial charge in [-0.1, -0.05) is 12.1 Å². The molecule has 0 radical (unpaired) electrons. The highest BCUT2D eigenvalue weighted by molar-refractivity contribution is 6.10. The number of benzene rings is 3. The van der Waals surface area contributed by atoms with Crippen molar-refractivity contribution in [2.75, 3.05) is 0 Å². The van der Waals surface area contributed by atoms with Gasteiger partial charge in [-0.2, -0.15) is 5.26 Å². The third-order valence-corrected chi connectivity index (χ3v) is 6.55. The van der Waals surface area contributed by atoms with E-state index >= 15 is 0 Å². The molecule has 38 heavy (non-hydrogen) atoms. The lowest BCUT2D eigenvalue weighted by Gasteiger charge is -2.10. The summed E-state index contributed by atoms with van der Waals surface area (Å²) in [5.74, 6) is 1.68. The van der Waals surface area contributed by atoms with E-state index in [-0.39, 0.29) is 5.56 Å². The molecule has 0 saturated heterocycles. The van der Waals surface area contributed by atoms with Crippen LogP contribution >= 0.6 is 0 Å². The first-order chi connectivity index (χ1) is 19.9. The van der Waals surface area contributed by atoms with Crippen LogP contribution in [0.4, 0.5) is 0 Å².